The summed E-state index contributed by atoms with van der Waals surface area (Å²) in [5, 5.41) is 0. The maximum atomic E-state index is 12.2. The van der Waals surface area contributed by atoms with E-state index in [1.807, 2.05) is 6.07 Å². The smallest absolute Gasteiger partial charge is 0.302 e. The molecule has 7 heteroatoms. The number of fused-ring (bicyclic) bond motifs is 2. The minimum Gasteiger partial charge on any atom is -0.472 e. The minimum absolute atomic E-state index is 0.209. The first kappa shape index (κ1) is 20.7. The van der Waals surface area contributed by atoms with Crippen molar-refractivity contribution in [3.8, 4) is 0 Å². The number of carbonyl (C=O) groups is 2. The van der Waals surface area contributed by atoms with Crippen LogP contribution in [0.15, 0.2) is 23.0 Å². The standard InChI is InChI=1S/C25H32O7/c1-14-8-20(31-16(3)27)23-13-29-24(17-6-7-28-11-17)12-22(14,5)25(23,32-24)10-19(30-15(2)26)18-9-21(18,23)4/h6-7,11,14,18-20H,8-10,12-13H2,1-5H3/t14-,18-,19-,20+,21-,22+,23-,24+,25+/m0/s1. The molecule has 0 radical (unpaired) electrons. The summed E-state index contributed by atoms with van der Waals surface area (Å²) < 4.78 is 31.3. The summed E-state index contributed by atoms with van der Waals surface area (Å²) in [5.74, 6) is -1.02. The molecule has 3 saturated carbocycles. The van der Waals surface area contributed by atoms with Gasteiger partial charge in [0.1, 0.15) is 12.2 Å². The van der Waals surface area contributed by atoms with Gasteiger partial charge in [-0.15, -0.1) is 0 Å². The van der Waals surface area contributed by atoms with E-state index < -0.39 is 16.8 Å². The van der Waals surface area contributed by atoms with Crippen molar-refractivity contribution < 1.29 is 33.0 Å². The zero-order valence-electron chi connectivity index (χ0n) is 19.4. The summed E-state index contributed by atoms with van der Waals surface area (Å²) in [6, 6.07) is 1.91. The van der Waals surface area contributed by atoms with E-state index in [1.54, 1.807) is 12.5 Å². The predicted octanol–water partition coefficient (Wildman–Crippen LogP) is 3.95. The lowest BCUT2D eigenvalue weighted by Gasteiger charge is -2.68. The first-order valence-corrected chi connectivity index (χ1v) is 11.7. The van der Waals surface area contributed by atoms with E-state index >= 15 is 0 Å². The van der Waals surface area contributed by atoms with Crippen LogP contribution in [0.1, 0.15) is 65.9 Å². The molecule has 3 aliphatic carbocycles. The maximum Gasteiger partial charge on any atom is 0.302 e. The van der Waals surface area contributed by atoms with Crippen molar-refractivity contribution in [2.24, 2.45) is 28.1 Å². The molecule has 0 N–H and O–H groups in total. The average molecular weight is 445 g/mol. The summed E-state index contributed by atoms with van der Waals surface area (Å²) >= 11 is 0. The third-order valence-corrected chi connectivity index (χ3v) is 10.2. The molecule has 0 amide bonds. The SMILES string of the molecule is CC(=O)O[C@H]1C[C@@]23O[C@@]4(c5ccoc5)C[C@]2(C)[C@@H](C)C[C@@H](OC(C)=O)[C@@]3(CO4)[C@@]2(C)C[C@@H]12. The number of hydrogen-bond donors (Lipinski definition) is 0. The quantitative estimate of drug-likeness (QED) is 0.653. The fraction of sp³-hybridized carbons (Fsp3) is 0.760. The van der Waals surface area contributed by atoms with Gasteiger partial charge in [-0.2, -0.15) is 0 Å². The molecular formula is C25H32O7. The zero-order valence-corrected chi connectivity index (χ0v) is 19.4. The molecule has 5 aliphatic rings. The highest BCUT2D eigenvalue weighted by molar-refractivity contribution is 5.67. The molecule has 2 saturated heterocycles. The van der Waals surface area contributed by atoms with Crippen molar-refractivity contribution in [2.45, 2.75) is 83.9 Å². The van der Waals surface area contributed by atoms with Crippen molar-refractivity contribution in [1.82, 2.24) is 0 Å². The van der Waals surface area contributed by atoms with Gasteiger partial charge in [-0.3, -0.25) is 9.59 Å². The van der Waals surface area contributed by atoms with Crippen molar-refractivity contribution in [2.75, 3.05) is 6.61 Å². The Balaban J connectivity index is 1.57. The zero-order chi connectivity index (χ0) is 22.7. The Bertz CT molecular complexity index is 988. The van der Waals surface area contributed by atoms with E-state index in [9.17, 15) is 9.59 Å². The van der Waals surface area contributed by atoms with Crippen LogP contribution >= 0.6 is 0 Å². The summed E-state index contributed by atoms with van der Waals surface area (Å²) in [4.78, 5) is 24.3. The number of carbonyl (C=O) groups excluding carboxylic acids is 2. The minimum atomic E-state index is -0.913. The highest BCUT2D eigenvalue weighted by Gasteiger charge is 2.89. The molecule has 32 heavy (non-hydrogen) atoms. The van der Waals surface area contributed by atoms with E-state index in [0.717, 1.165) is 18.4 Å². The van der Waals surface area contributed by atoms with Crippen molar-refractivity contribution >= 4 is 11.9 Å². The van der Waals surface area contributed by atoms with Gasteiger partial charge < -0.3 is 23.4 Å². The topological polar surface area (TPSA) is 84.2 Å². The number of ether oxygens (including phenoxy) is 4. The largest absolute Gasteiger partial charge is 0.472 e. The second kappa shape index (κ2) is 5.98. The van der Waals surface area contributed by atoms with E-state index in [-0.39, 0.29) is 46.8 Å². The van der Waals surface area contributed by atoms with E-state index in [0.29, 0.717) is 19.4 Å². The lowest BCUT2D eigenvalue weighted by Crippen LogP contribution is -2.76. The predicted molar refractivity (Wildman–Crippen MR) is 111 cm³/mol. The Morgan fingerprint density at radius 3 is 2.50 bits per heavy atom. The molecule has 3 heterocycles. The van der Waals surface area contributed by atoms with Gasteiger partial charge in [0.25, 0.3) is 0 Å². The molecule has 1 aromatic heterocycles. The molecule has 7 nitrogen and oxygen atoms in total. The highest BCUT2D eigenvalue weighted by atomic mass is 16.7. The fourth-order valence-corrected chi connectivity index (χ4v) is 8.54. The van der Waals surface area contributed by atoms with Crippen LogP contribution in [0.4, 0.5) is 0 Å². The first-order valence-electron chi connectivity index (χ1n) is 11.7. The maximum absolute atomic E-state index is 12.2. The van der Waals surface area contributed by atoms with Crippen molar-refractivity contribution in [3.63, 3.8) is 0 Å². The number of esters is 2. The van der Waals surface area contributed by atoms with Gasteiger partial charge >= 0.3 is 11.9 Å². The van der Waals surface area contributed by atoms with Gasteiger partial charge in [0.05, 0.1) is 30.1 Å². The van der Waals surface area contributed by atoms with Gasteiger partial charge in [-0.25, -0.2) is 0 Å². The normalized spacial score (nSPS) is 52.5. The lowest BCUT2D eigenvalue weighted by atomic mass is 9.41. The monoisotopic (exact) mass is 444 g/mol. The molecule has 0 unspecified atom stereocenters. The van der Waals surface area contributed by atoms with Gasteiger partial charge in [0, 0.05) is 43.6 Å². The van der Waals surface area contributed by atoms with Crippen LogP contribution < -0.4 is 0 Å². The fourth-order valence-electron chi connectivity index (χ4n) is 8.54. The van der Waals surface area contributed by atoms with Crippen molar-refractivity contribution in [3.05, 3.63) is 24.2 Å². The Kier molecular flexibility index (Phi) is 3.87. The lowest BCUT2D eigenvalue weighted by molar-refractivity contribution is -0.403. The molecule has 174 valence electrons. The van der Waals surface area contributed by atoms with E-state index in [4.69, 9.17) is 23.4 Å². The molecule has 1 aromatic rings. The number of furan rings is 1. The Hall–Kier alpha value is -1.86. The highest BCUT2D eigenvalue weighted by Crippen LogP contribution is 2.84. The Labute approximate surface area is 188 Å². The van der Waals surface area contributed by atoms with Crippen LogP contribution in [0.5, 0.6) is 0 Å². The number of hydrogen-bond acceptors (Lipinski definition) is 7. The van der Waals surface area contributed by atoms with Crippen LogP contribution in [0.2, 0.25) is 0 Å². The second-order valence-corrected chi connectivity index (χ2v) is 11.4. The van der Waals surface area contributed by atoms with Crippen LogP contribution in [-0.4, -0.2) is 36.4 Å². The number of rotatable bonds is 3. The average Bonchev–Trinajstić information content (AvgIpc) is 3.07. The third-order valence-electron chi connectivity index (χ3n) is 10.2. The van der Waals surface area contributed by atoms with Crippen molar-refractivity contribution in [1.29, 1.82) is 0 Å². The molecule has 6 rings (SSSR count). The first-order chi connectivity index (χ1) is 15.0. The molecule has 9 atom stereocenters. The van der Waals surface area contributed by atoms with Crippen LogP contribution in [-0.2, 0) is 34.3 Å². The summed E-state index contributed by atoms with van der Waals surface area (Å²) in [7, 11) is 0. The van der Waals surface area contributed by atoms with Gasteiger partial charge in [0.15, 0.2) is 5.79 Å². The van der Waals surface area contributed by atoms with Gasteiger partial charge in [-0.1, -0.05) is 20.8 Å². The van der Waals surface area contributed by atoms with E-state index in [2.05, 4.69) is 20.8 Å². The molecular weight excluding hydrogens is 412 g/mol. The Morgan fingerprint density at radius 2 is 1.84 bits per heavy atom. The summed E-state index contributed by atoms with van der Waals surface area (Å²) in [5.41, 5.74) is -0.751. The molecule has 5 fully saturated rings. The third kappa shape index (κ3) is 2.11. The summed E-state index contributed by atoms with van der Waals surface area (Å²) in [6.45, 7) is 10.2. The summed E-state index contributed by atoms with van der Waals surface area (Å²) in [6.07, 6.45) is 5.77. The van der Waals surface area contributed by atoms with Crippen LogP contribution in [0.25, 0.3) is 0 Å². The Morgan fingerprint density at radius 1 is 1.09 bits per heavy atom. The van der Waals surface area contributed by atoms with Gasteiger partial charge in [0.2, 0.25) is 0 Å². The molecule has 1 spiro atoms. The molecule has 2 aliphatic heterocycles. The van der Waals surface area contributed by atoms with E-state index in [1.165, 1.54) is 13.8 Å². The molecule has 0 aromatic carbocycles. The van der Waals surface area contributed by atoms with Crippen LogP contribution in [0.3, 0.4) is 0 Å². The van der Waals surface area contributed by atoms with Gasteiger partial charge in [-0.05, 0) is 30.2 Å². The van der Waals surface area contributed by atoms with Crippen LogP contribution in [0, 0.1) is 28.1 Å². The molecule has 2 bridgehead atoms. The second-order valence-electron chi connectivity index (χ2n) is 11.4.